The first-order valence-corrected chi connectivity index (χ1v) is 10.6. The van der Waals surface area contributed by atoms with Crippen LogP contribution in [0.15, 0.2) is 41.3 Å². The minimum atomic E-state index is -0.366. The van der Waals surface area contributed by atoms with Gasteiger partial charge in [0.2, 0.25) is 5.78 Å². The number of ether oxygens (including phenoxy) is 1. The van der Waals surface area contributed by atoms with Crippen LogP contribution in [-0.4, -0.2) is 43.0 Å². The summed E-state index contributed by atoms with van der Waals surface area (Å²) in [5.74, 6) is 1.19. The molecule has 4 rings (SSSR count). The molecule has 1 heterocycles. The first kappa shape index (κ1) is 19.2. The fourth-order valence-corrected chi connectivity index (χ4v) is 5.22. The molecule has 0 saturated heterocycles. The van der Waals surface area contributed by atoms with E-state index in [9.17, 15) is 9.59 Å². The average Bonchev–Trinajstić information content (AvgIpc) is 2.99. The Hall–Kier alpha value is -2.11. The van der Waals surface area contributed by atoms with Gasteiger partial charge in [-0.1, -0.05) is 18.2 Å². The summed E-state index contributed by atoms with van der Waals surface area (Å²) in [6.45, 7) is 1.97. The fourth-order valence-electron chi connectivity index (χ4n) is 4.33. The van der Waals surface area contributed by atoms with Crippen molar-refractivity contribution in [2.75, 3.05) is 27.2 Å². The van der Waals surface area contributed by atoms with Crippen LogP contribution in [0.25, 0.3) is 0 Å². The number of carbonyl (C=O) groups excluding carboxylic acids is 2. The minimum Gasteiger partial charge on any atom is -0.496 e. The minimum absolute atomic E-state index is 0.365. The Morgan fingerprint density at radius 2 is 2.07 bits per heavy atom. The Labute approximate surface area is 170 Å². The van der Waals surface area contributed by atoms with E-state index in [1.807, 2.05) is 12.1 Å². The summed E-state index contributed by atoms with van der Waals surface area (Å²) in [5, 5.41) is -0.365. The zero-order valence-electron chi connectivity index (χ0n) is 16.4. The summed E-state index contributed by atoms with van der Waals surface area (Å²) in [4.78, 5) is 26.5. The predicted molar refractivity (Wildman–Crippen MR) is 112 cm³/mol. The summed E-state index contributed by atoms with van der Waals surface area (Å²) >= 11 is 1.06. The monoisotopic (exact) mass is 395 g/mol. The Morgan fingerprint density at radius 3 is 2.89 bits per heavy atom. The second-order valence-corrected chi connectivity index (χ2v) is 8.69. The van der Waals surface area contributed by atoms with Gasteiger partial charge in [-0.3, -0.25) is 9.59 Å². The molecule has 28 heavy (non-hydrogen) atoms. The lowest BCUT2D eigenvalue weighted by Crippen LogP contribution is -2.28. The van der Waals surface area contributed by atoms with E-state index in [4.69, 9.17) is 4.74 Å². The zero-order chi connectivity index (χ0) is 19.7. The molecule has 0 radical (unpaired) electrons. The van der Waals surface area contributed by atoms with Crippen LogP contribution in [0.3, 0.4) is 0 Å². The third-order valence-corrected chi connectivity index (χ3v) is 6.73. The second-order valence-electron chi connectivity index (χ2n) is 7.68. The van der Waals surface area contributed by atoms with Gasteiger partial charge in [0, 0.05) is 23.5 Å². The molecule has 4 nitrogen and oxygen atoms in total. The number of fused-ring (bicyclic) bond motifs is 2. The largest absolute Gasteiger partial charge is 0.496 e. The van der Waals surface area contributed by atoms with Gasteiger partial charge in [-0.2, -0.15) is 0 Å². The summed E-state index contributed by atoms with van der Waals surface area (Å²) in [5.41, 5.74) is 4.54. The molecule has 0 bridgehead atoms. The van der Waals surface area contributed by atoms with Crippen molar-refractivity contribution in [2.24, 2.45) is 0 Å². The SMILES string of the molecule is COc1cccc2c1CCCC2CN(C)CCc1ccc2c(c1)SC(=O)C2=O. The van der Waals surface area contributed by atoms with E-state index < -0.39 is 0 Å². The van der Waals surface area contributed by atoms with E-state index in [1.165, 1.54) is 29.5 Å². The van der Waals surface area contributed by atoms with Crippen LogP contribution in [0.5, 0.6) is 5.75 Å². The molecule has 0 spiro atoms. The number of thioether (sulfide) groups is 1. The quantitative estimate of drug-likeness (QED) is 0.689. The number of Topliss-reactive ketones (excluding diaryl/α,β-unsaturated/α-hetero) is 1. The van der Waals surface area contributed by atoms with Gasteiger partial charge >= 0.3 is 0 Å². The van der Waals surface area contributed by atoms with Crippen molar-refractivity contribution >= 4 is 22.7 Å². The molecule has 146 valence electrons. The van der Waals surface area contributed by atoms with Gasteiger partial charge in [0.15, 0.2) is 0 Å². The summed E-state index contributed by atoms with van der Waals surface area (Å²) in [6, 6.07) is 12.2. The maximum atomic E-state index is 11.8. The van der Waals surface area contributed by atoms with Gasteiger partial charge in [-0.05, 0) is 85.3 Å². The molecule has 5 heteroatoms. The lowest BCUT2D eigenvalue weighted by Gasteiger charge is -2.30. The first-order chi connectivity index (χ1) is 13.6. The van der Waals surface area contributed by atoms with Crippen molar-refractivity contribution in [1.29, 1.82) is 0 Å². The molecule has 0 amide bonds. The number of hydrogen-bond acceptors (Lipinski definition) is 5. The van der Waals surface area contributed by atoms with Crippen molar-refractivity contribution in [3.63, 3.8) is 0 Å². The van der Waals surface area contributed by atoms with Crippen LogP contribution in [0.1, 0.15) is 45.8 Å². The van der Waals surface area contributed by atoms with Crippen molar-refractivity contribution in [3.8, 4) is 5.75 Å². The smallest absolute Gasteiger partial charge is 0.264 e. The molecule has 1 unspecified atom stereocenters. The highest BCUT2D eigenvalue weighted by Gasteiger charge is 2.29. The molecule has 2 aromatic rings. The van der Waals surface area contributed by atoms with Crippen LogP contribution in [0, 0.1) is 0 Å². The lowest BCUT2D eigenvalue weighted by molar-refractivity contribution is -0.107. The number of nitrogens with zero attached hydrogens (tertiary/aromatic N) is 1. The van der Waals surface area contributed by atoms with Gasteiger partial charge in [0.1, 0.15) is 5.75 Å². The molecular weight excluding hydrogens is 370 g/mol. The number of rotatable bonds is 6. The van der Waals surface area contributed by atoms with E-state index in [1.54, 1.807) is 13.2 Å². The summed E-state index contributed by atoms with van der Waals surface area (Å²) in [6.07, 6.45) is 4.43. The van der Waals surface area contributed by atoms with E-state index in [2.05, 4.69) is 30.1 Å². The van der Waals surface area contributed by atoms with Gasteiger partial charge in [-0.25, -0.2) is 0 Å². The molecule has 0 N–H and O–H groups in total. The second kappa shape index (κ2) is 8.10. The Morgan fingerprint density at radius 1 is 1.21 bits per heavy atom. The summed E-state index contributed by atoms with van der Waals surface area (Å²) in [7, 11) is 3.92. The molecule has 0 saturated carbocycles. The maximum absolute atomic E-state index is 11.8. The maximum Gasteiger partial charge on any atom is 0.264 e. The molecule has 2 aromatic carbocycles. The van der Waals surface area contributed by atoms with Gasteiger partial charge in [-0.15, -0.1) is 0 Å². The van der Waals surface area contributed by atoms with E-state index in [-0.39, 0.29) is 10.9 Å². The lowest BCUT2D eigenvalue weighted by atomic mass is 9.82. The van der Waals surface area contributed by atoms with Crippen LogP contribution in [-0.2, 0) is 17.6 Å². The molecule has 2 aliphatic rings. The highest BCUT2D eigenvalue weighted by molar-refractivity contribution is 8.16. The number of benzene rings is 2. The highest BCUT2D eigenvalue weighted by atomic mass is 32.2. The Balaban J connectivity index is 1.39. The van der Waals surface area contributed by atoms with E-state index in [0.29, 0.717) is 11.5 Å². The van der Waals surface area contributed by atoms with Gasteiger partial charge < -0.3 is 9.64 Å². The number of carbonyl (C=O) groups is 2. The van der Waals surface area contributed by atoms with Gasteiger partial charge in [0.25, 0.3) is 5.12 Å². The molecule has 1 atom stereocenters. The van der Waals surface area contributed by atoms with Crippen molar-refractivity contribution in [3.05, 3.63) is 58.7 Å². The molecular formula is C23H25NO3S. The summed E-state index contributed by atoms with van der Waals surface area (Å²) < 4.78 is 5.56. The third-order valence-electron chi connectivity index (χ3n) is 5.80. The van der Waals surface area contributed by atoms with Crippen LogP contribution in [0.2, 0.25) is 0 Å². The third kappa shape index (κ3) is 3.74. The molecule has 1 aliphatic heterocycles. The average molecular weight is 396 g/mol. The number of hydrogen-bond donors (Lipinski definition) is 0. The van der Waals surface area contributed by atoms with Crippen molar-refractivity contribution < 1.29 is 14.3 Å². The molecule has 0 aromatic heterocycles. The van der Waals surface area contributed by atoms with Gasteiger partial charge in [0.05, 0.1) is 7.11 Å². The van der Waals surface area contributed by atoms with Crippen LogP contribution in [0.4, 0.5) is 0 Å². The Kier molecular flexibility index (Phi) is 5.56. The highest BCUT2D eigenvalue weighted by Crippen LogP contribution is 2.37. The van der Waals surface area contributed by atoms with Crippen molar-refractivity contribution in [2.45, 2.75) is 36.5 Å². The standard InChI is InChI=1S/C23H25NO3S/c1-24(12-11-15-9-10-19-21(13-15)28-23(26)22(19)25)14-16-5-3-7-18-17(16)6-4-8-20(18)27-2/h4,6,8-10,13,16H,3,5,7,11-12,14H2,1-2H3. The topological polar surface area (TPSA) is 46.6 Å². The fraction of sp³-hybridized carbons (Fsp3) is 0.391. The Bertz CT molecular complexity index is 924. The van der Waals surface area contributed by atoms with E-state index >= 15 is 0 Å². The number of ketones is 1. The first-order valence-electron chi connectivity index (χ1n) is 9.80. The van der Waals surface area contributed by atoms with Crippen molar-refractivity contribution in [1.82, 2.24) is 4.90 Å². The van der Waals surface area contributed by atoms with Crippen LogP contribution < -0.4 is 4.74 Å². The predicted octanol–water partition coefficient (Wildman–Crippen LogP) is 4.10. The molecule has 0 fully saturated rings. The molecule has 1 aliphatic carbocycles. The van der Waals surface area contributed by atoms with E-state index in [0.717, 1.165) is 48.3 Å². The number of likely N-dealkylation sites (N-methyl/N-ethyl adjacent to an activating group) is 1. The number of methoxy groups -OCH3 is 1. The zero-order valence-corrected chi connectivity index (χ0v) is 17.2. The normalized spacial score (nSPS) is 18.3. The van der Waals surface area contributed by atoms with Crippen LogP contribution >= 0.6 is 11.8 Å².